The van der Waals surface area contributed by atoms with Crippen LogP contribution in [0.5, 0.6) is 0 Å². The average Bonchev–Trinajstić information content (AvgIpc) is 3.06. The van der Waals surface area contributed by atoms with Crippen molar-refractivity contribution in [1.29, 1.82) is 0 Å². The summed E-state index contributed by atoms with van der Waals surface area (Å²) in [6, 6.07) is 9.54. The van der Waals surface area contributed by atoms with Gasteiger partial charge in [-0.3, -0.25) is 4.90 Å². The number of aromatic amines is 1. The van der Waals surface area contributed by atoms with Crippen LogP contribution in [0.3, 0.4) is 0 Å². The van der Waals surface area contributed by atoms with Crippen LogP contribution in [-0.4, -0.2) is 40.2 Å². The Balaban J connectivity index is 1.57. The van der Waals surface area contributed by atoms with Crippen LogP contribution >= 0.6 is 0 Å². The van der Waals surface area contributed by atoms with Crippen LogP contribution in [0.25, 0.3) is 11.0 Å². The van der Waals surface area contributed by atoms with Crippen LogP contribution in [0.15, 0.2) is 24.3 Å². The summed E-state index contributed by atoms with van der Waals surface area (Å²) in [5.41, 5.74) is 2.20. The molecule has 1 aromatic carbocycles. The van der Waals surface area contributed by atoms with E-state index < -0.39 is 0 Å². The summed E-state index contributed by atoms with van der Waals surface area (Å²) in [5.74, 6) is 1.80. The summed E-state index contributed by atoms with van der Waals surface area (Å²) in [6.07, 6.45) is 5.45. The quantitative estimate of drug-likeness (QED) is 0.941. The number of imidazole rings is 1. The fourth-order valence-corrected chi connectivity index (χ4v) is 4.62. The number of para-hydroxylation sites is 2. The first-order chi connectivity index (χ1) is 10.8. The summed E-state index contributed by atoms with van der Waals surface area (Å²) in [7, 11) is 1.88. The number of hydrogen-bond donors (Lipinski definition) is 1. The van der Waals surface area contributed by atoms with Crippen molar-refractivity contribution in [3.8, 4) is 0 Å². The van der Waals surface area contributed by atoms with Gasteiger partial charge in [-0.2, -0.15) is 0 Å². The lowest BCUT2D eigenvalue weighted by atomic mass is 9.86. The molecule has 118 valence electrons. The van der Waals surface area contributed by atoms with Gasteiger partial charge in [0, 0.05) is 19.2 Å². The maximum Gasteiger partial charge on any atom is 0.121 e. The molecule has 2 bridgehead atoms. The molecule has 4 atom stereocenters. The van der Waals surface area contributed by atoms with Crippen LogP contribution in [-0.2, 0) is 11.3 Å². The lowest BCUT2D eigenvalue weighted by Gasteiger charge is -2.43. The number of hydrogen-bond acceptors (Lipinski definition) is 3. The minimum Gasteiger partial charge on any atom is -0.380 e. The lowest BCUT2D eigenvalue weighted by molar-refractivity contribution is -0.0585. The molecule has 2 aliphatic rings. The molecule has 0 amide bonds. The minimum atomic E-state index is 0.383. The highest BCUT2D eigenvalue weighted by Crippen LogP contribution is 2.41. The highest BCUT2D eigenvalue weighted by atomic mass is 16.5. The van der Waals surface area contributed by atoms with Crippen LogP contribution in [0.1, 0.15) is 38.4 Å². The van der Waals surface area contributed by atoms with E-state index in [2.05, 4.69) is 35.0 Å². The first-order valence-corrected chi connectivity index (χ1v) is 8.52. The van der Waals surface area contributed by atoms with Crippen molar-refractivity contribution < 1.29 is 4.74 Å². The Morgan fingerprint density at radius 1 is 1.32 bits per heavy atom. The normalized spacial score (nSPS) is 31.9. The maximum atomic E-state index is 5.88. The first-order valence-electron chi connectivity index (χ1n) is 8.52. The van der Waals surface area contributed by atoms with Gasteiger partial charge in [-0.05, 0) is 37.3 Å². The Bertz CT molecular complexity index is 620. The number of methoxy groups -OCH3 is 1. The Morgan fingerprint density at radius 2 is 2.18 bits per heavy atom. The van der Waals surface area contributed by atoms with E-state index in [1.54, 1.807) is 0 Å². The predicted molar refractivity (Wildman–Crippen MR) is 87.6 cm³/mol. The van der Waals surface area contributed by atoms with Crippen molar-refractivity contribution in [3.63, 3.8) is 0 Å². The fraction of sp³-hybridized carbons (Fsp3) is 0.611. The Labute approximate surface area is 131 Å². The second kappa shape index (κ2) is 5.67. The topological polar surface area (TPSA) is 41.1 Å². The first kappa shape index (κ1) is 14.2. The molecular formula is C18H25N3O. The van der Waals surface area contributed by atoms with E-state index >= 15 is 0 Å². The summed E-state index contributed by atoms with van der Waals surface area (Å²) in [5, 5.41) is 0. The molecule has 1 aromatic heterocycles. The van der Waals surface area contributed by atoms with Gasteiger partial charge < -0.3 is 9.72 Å². The summed E-state index contributed by atoms with van der Waals surface area (Å²) in [6.45, 7) is 3.21. The molecule has 2 fully saturated rings. The van der Waals surface area contributed by atoms with Gasteiger partial charge in [-0.25, -0.2) is 4.98 Å². The number of ether oxygens (including phenoxy) is 1. The van der Waals surface area contributed by atoms with Crippen molar-refractivity contribution in [1.82, 2.24) is 14.9 Å². The van der Waals surface area contributed by atoms with Crippen molar-refractivity contribution in [2.75, 3.05) is 7.11 Å². The molecule has 1 N–H and O–H groups in total. The summed E-state index contributed by atoms with van der Waals surface area (Å²) >= 11 is 0. The van der Waals surface area contributed by atoms with Gasteiger partial charge in [0.05, 0.1) is 23.7 Å². The van der Waals surface area contributed by atoms with E-state index in [0.29, 0.717) is 18.2 Å². The standard InChI is InChI=1S/C18H25N3O/c1-3-12-10-13-8-9-16(18(12)22-2)21(13)11-17-19-14-6-4-5-7-15(14)20-17/h4-7,12-13,16,18H,3,8-11H2,1-2H3,(H,19,20). The van der Waals surface area contributed by atoms with Gasteiger partial charge >= 0.3 is 0 Å². The van der Waals surface area contributed by atoms with Gasteiger partial charge in [-0.1, -0.05) is 25.5 Å². The van der Waals surface area contributed by atoms with Crippen molar-refractivity contribution in [2.24, 2.45) is 5.92 Å². The predicted octanol–water partition coefficient (Wildman–Crippen LogP) is 3.34. The third kappa shape index (κ3) is 2.25. The molecule has 22 heavy (non-hydrogen) atoms. The zero-order chi connectivity index (χ0) is 15.1. The van der Waals surface area contributed by atoms with E-state index in [1.165, 1.54) is 25.7 Å². The van der Waals surface area contributed by atoms with Crippen molar-refractivity contribution in [2.45, 2.75) is 57.3 Å². The molecule has 4 nitrogen and oxygen atoms in total. The SMILES string of the molecule is CCC1CC2CCC(C1OC)N2Cc1nc2ccccc2[nH]1. The summed E-state index contributed by atoms with van der Waals surface area (Å²) in [4.78, 5) is 10.9. The zero-order valence-corrected chi connectivity index (χ0v) is 13.5. The molecule has 0 saturated carbocycles. The zero-order valence-electron chi connectivity index (χ0n) is 13.5. The third-order valence-electron chi connectivity index (χ3n) is 5.68. The fourth-order valence-electron chi connectivity index (χ4n) is 4.62. The molecule has 3 heterocycles. The van der Waals surface area contributed by atoms with E-state index in [9.17, 15) is 0 Å². The molecule has 4 heteroatoms. The minimum absolute atomic E-state index is 0.383. The number of fused-ring (bicyclic) bond motifs is 3. The second-order valence-corrected chi connectivity index (χ2v) is 6.78. The van der Waals surface area contributed by atoms with Gasteiger partial charge in [-0.15, -0.1) is 0 Å². The average molecular weight is 299 g/mol. The van der Waals surface area contributed by atoms with Crippen LogP contribution in [0.2, 0.25) is 0 Å². The third-order valence-corrected chi connectivity index (χ3v) is 5.68. The largest absolute Gasteiger partial charge is 0.380 e. The van der Waals surface area contributed by atoms with Gasteiger partial charge in [0.2, 0.25) is 0 Å². The maximum absolute atomic E-state index is 5.88. The Hall–Kier alpha value is -1.39. The molecule has 4 rings (SSSR count). The molecule has 2 aliphatic heterocycles. The summed E-state index contributed by atoms with van der Waals surface area (Å²) < 4.78 is 5.88. The Kier molecular flexibility index (Phi) is 3.66. The van der Waals surface area contributed by atoms with Crippen LogP contribution < -0.4 is 0 Å². The highest BCUT2D eigenvalue weighted by molar-refractivity contribution is 5.74. The molecule has 2 saturated heterocycles. The number of nitrogens with zero attached hydrogens (tertiary/aromatic N) is 2. The van der Waals surface area contributed by atoms with E-state index in [0.717, 1.165) is 29.3 Å². The smallest absolute Gasteiger partial charge is 0.121 e. The number of rotatable bonds is 4. The number of aromatic nitrogens is 2. The van der Waals surface area contributed by atoms with E-state index in [-0.39, 0.29) is 0 Å². The van der Waals surface area contributed by atoms with Crippen molar-refractivity contribution in [3.05, 3.63) is 30.1 Å². The monoisotopic (exact) mass is 299 g/mol. The van der Waals surface area contributed by atoms with Gasteiger partial charge in [0.1, 0.15) is 5.82 Å². The van der Waals surface area contributed by atoms with Crippen LogP contribution in [0.4, 0.5) is 0 Å². The van der Waals surface area contributed by atoms with Gasteiger partial charge in [0.15, 0.2) is 0 Å². The molecule has 4 unspecified atom stereocenters. The second-order valence-electron chi connectivity index (χ2n) is 6.78. The highest BCUT2D eigenvalue weighted by Gasteiger charge is 2.46. The molecule has 2 aromatic rings. The molecule has 0 aliphatic carbocycles. The number of benzene rings is 1. The molecule has 0 radical (unpaired) electrons. The van der Waals surface area contributed by atoms with Gasteiger partial charge in [0.25, 0.3) is 0 Å². The van der Waals surface area contributed by atoms with Crippen LogP contribution in [0, 0.1) is 5.92 Å². The molecular weight excluding hydrogens is 274 g/mol. The van der Waals surface area contributed by atoms with E-state index in [1.807, 2.05) is 13.2 Å². The van der Waals surface area contributed by atoms with E-state index in [4.69, 9.17) is 9.72 Å². The number of H-pyrrole nitrogens is 1. The lowest BCUT2D eigenvalue weighted by Crippen LogP contribution is -2.52. The van der Waals surface area contributed by atoms with Crippen molar-refractivity contribution >= 4 is 11.0 Å². The molecule has 0 spiro atoms. The Morgan fingerprint density at radius 3 is 2.95 bits per heavy atom. The number of nitrogens with one attached hydrogen (secondary N) is 1. The number of piperidine rings is 1.